The van der Waals surface area contributed by atoms with Crippen LogP contribution in [0.15, 0.2) is 54.6 Å². The largest absolute Gasteiger partial charge is 0.489 e. The Kier molecular flexibility index (Phi) is 4.19. The van der Waals surface area contributed by atoms with Gasteiger partial charge in [-0.3, -0.25) is 0 Å². The van der Waals surface area contributed by atoms with Crippen molar-refractivity contribution >= 4 is 0 Å². The number of rotatable bonds is 6. The van der Waals surface area contributed by atoms with Crippen molar-refractivity contribution in [2.75, 3.05) is 19.7 Å². The Morgan fingerprint density at radius 2 is 1.50 bits per heavy atom. The summed E-state index contributed by atoms with van der Waals surface area (Å²) in [5.74, 6) is 2.26. The van der Waals surface area contributed by atoms with Gasteiger partial charge in [0.15, 0.2) is 11.5 Å². The van der Waals surface area contributed by atoms with Crippen LogP contribution in [0.5, 0.6) is 11.5 Å². The molecule has 0 unspecified atom stereocenters. The zero-order chi connectivity index (χ0) is 13.6. The minimum absolute atomic E-state index is 0.562. The second-order valence-electron chi connectivity index (χ2n) is 5.06. The first kappa shape index (κ1) is 13.0. The molecular formula is C17H19NO2. The first-order valence-electron chi connectivity index (χ1n) is 7.01. The van der Waals surface area contributed by atoms with Crippen LogP contribution in [0.25, 0.3) is 0 Å². The third kappa shape index (κ3) is 3.31. The van der Waals surface area contributed by atoms with Crippen LogP contribution in [-0.2, 0) is 6.61 Å². The molecule has 0 saturated carbocycles. The maximum atomic E-state index is 5.87. The van der Waals surface area contributed by atoms with Gasteiger partial charge >= 0.3 is 0 Å². The van der Waals surface area contributed by atoms with E-state index in [1.54, 1.807) is 0 Å². The van der Waals surface area contributed by atoms with Gasteiger partial charge in [0, 0.05) is 19.0 Å². The molecule has 1 aliphatic heterocycles. The van der Waals surface area contributed by atoms with Crippen molar-refractivity contribution in [2.24, 2.45) is 5.92 Å². The minimum Gasteiger partial charge on any atom is -0.489 e. The van der Waals surface area contributed by atoms with E-state index in [-0.39, 0.29) is 0 Å². The zero-order valence-corrected chi connectivity index (χ0v) is 11.4. The standard InChI is InChI=1S/C17H19NO2/c1-2-6-14(7-3-1)12-19-16-8-4-5-9-17(16)20-13-15-10-18-11-15/h1-9,15,18H,10-13H2. The molecule has 0 amide bonds. The van der Waals surface area contributed by atoms with Crippen molar-refractivity contribution in [1.82, 2.24) is 5.32 Å². The molecule has 0 spiro atoms. The molecule has 0 aromatic heterocycles. The average Bonchev–Trinajstić information content (AvgIpc) is 2.46. The Morgan fingerprint density at radius 1 is 0.850 bits per heavy atom. The van der Waals surface area contributed by atoms with E-state index in [0.29, 0.717) is 12.5 Å². The van der Waals surface area contributed by atoms with Gasteiger partial charge in [-0.2, -0.15) is 0 Å². The highest BCUT2D eigenvalue weighted by molar-refractivity contribution is 5.39. The van der Waals surface area contributed by atoms with E-state index < -0.39 is 0 Å². The summed E-state index contributed by atoms with van der Waals surface area (Å²) in [4.78, 5) is 0. The number of hydrogen-bond donors (Lipinski definition) is 1. The van der Waals surface area contributed by atoms with Crippen LogP contribution < -0.4 is 14.8 Å². The molecule has 1 heterocycles. The molecule has 3 nitrogen and oxygen atoms in total. The fraction of sp³-hybridized carbons (Fsp3) is 0.294. The molecule has 3 heteroatoms. The predicted octanol–water partition coefficient (Wildman–Crippen LogP) is 2.86. The topological polar surface area (TPSA) is 30.5 Å². The third-order valence-electron chi connectivity index (χ3n) is 3.43. The molecule has 104 valence electrons. The monoisotopic (exact) mass is 269 g/mol. The van der Waals surface area contributed by atoms with Crippen molar-refractivity contribution in [2.45, 2.75) is 6.61 Å². The lowest BCUT2D eigenvalue weighted by Crippen LogP contribution is -2.45. The van der Waals surface area contributed by atoms with Gasteiger partial charge in [-0.1, -0.05) is 42.5 Å². The fourth-order valence-corrected chi connectivity index (χ4v) is 2.10. The lowest BCUT2D eigenvalue weighted by atomic mass is 10.1. The summed E-state index contributed by atoms with van der Waals surface area (Å²) in [6.45, 7) is 3.41. The van der Waals surface area contributed by atoms with Gasteiger partial charge in [-0.25, -0.2) is 0 Å². The fourth-order valence-electron chi connectivity index (χ4n) is 2.10. The number of nitrogens with one attached hydrogen (secondary N) is 1. The Labute approximate surface area is 119 Å². The molecule has 3 rings (SSSR count). The van der Waals surface area contributed by atoms with Gasteiger partial charge in [0.2, 0.25) is 0 Å². The molecule has 0 bridgehead atoms. The summed E-state index contributed by atoms with van der Waals surface area (Å²) >= 11 is 0. The molecule has 1 saturated heterocycles. The second kappa shape index (κ2) is 6.44. The van der Waals surface area contributed by atoms with Crippen molar-refractivity contribution in [3.63, 3.8) is 0 Å². The molecule has 0 radical (unpaired) electrons. The minimum atomic E-state index is 0.562. The number of benzene rings is 2. The van der Waals surface area contributed by atoms with Crippen LogP contribution in [0.4, 0.5) is 0 Å². The molecule has 2 aromatic rings. The summed E-state index contributed by atoms with van der Waals surface area (Å²) in [5.41, 5.74) is 1.16. The second-order valence-corrected chi connectivity index (χ2v) is 5.06. The SMILES string of the molecule is c1ccc(COc2ccccc2OCC2CNC2)cc1. The first-order chi connectivity index (χ1) is 9.92. The van der Waals surface area contributed by atoms with E-state index in [4.69, 9.17) is 9.47 Å². The van der Waals surface area contributed by atoms with Gasteiger partial charge in [0.25, 0.3) is 0 Å². The lowest BCUT2D eigenvalue weighted by molar-refractivity contribution is 0.188. The van der Waals surface area contributed by atoms with E-state index in [1.165, 1.54) is 0 Å². The average molecular weight is 269 g/mol. The zero-order valence-electron chi connectivity index (χ0n) is 11.4. The van der Waals surface area contributed by atoms with Gasteiger partial charge in [-0.15, -0.1) is 0 Å². The number of ether oxygens (including phenoxy) is 2. The number of hydrogen-bond acceptors (Lipinski definition) is 3. The Hall–Kier alpha value is -2.00. The van der Waals surface area contributed by atoms with Crippen molar-refractivity contribution in [3.8, 4) is 11.5 Å². The molecule has 2 aromatic carbocycles. The maximum absolute atomic E-state index is 5.87. The highest BCUT2D eigenvalue weighted by atomic mass is 16.5. The van der Waals surface area contributed by atoms with E-state index in [2.05, 4.69) is 17.4 Å². The Morgan fingerprint density at radius 3 is 2.15 bits per heavy atom. The van der Waals surface area contributed by atoms with Crippen molar-refractivity contribution in [3.05, 3.63) is 60.2 Å². The van der Waals surface area contributed by atoms with E-state index in [9.17, 15) is 0 Å². The highest BCUT2D eigenvalue weighted by Crippen LogP contribution is 2.27. The summed E-state index contributed by atoms with van der Waals surface area (Å²) in [6, 6.07) is 18.0. The summed E-state index contributed by atoms with van der Waals surface area (Å²) < 4.78 is 11.7. The van der Waals surface area contributed by atoms with Gasteiger partial charge in [0.05, 0.1) is 6.61 Å². The van der Waals surface area contributed by atoms with Crippen LogP contribution in [0.2, 0.25) is 0 Å². The van der Waals surface area contributed by atoms with Crippen LogP contribution in [-0.4, -0.2) is 19.7 Å². The van der Waals surface area contributed by atoms with Crippen LogP contribution in [0, 0.1) is 5.92 Å². The van der Waals surface area contributed by atoms with E-state index >= 15 is 0 Å². The molecule has 20 heavy (non-hydrogen) atoms. The lowest BCUT2D eigenvalue weighted by Gasteiger charge is -2.27. The van der Waals surface area contributed by atoms with Crippen LogP contribution >= 0.6 is 0 Å². The molecular weight excluding hydrogens is 250 g/mol. The Bertz CT molecular complexity index is 538. The Balaban J connectivity index is 1.60. The van der Waals surface area contributed by atoms with Crippen molar-refractivity contribution in [1.29, 1.82) is 0 Å². The molecule has 1 fully saturated rings. The van der Waals surface area contributed by atoms with E-state index in [0.717, 1.165) is 36.8 Å². The molecule has 1 N–H and O–H groups in total. The van der Waals surface area contributed by atoms with E-state index in [1.807, 2.05) is 42.5 Å². The summed E-state index contributed by atoms with van der Waals surface area (Å²) in [7, 11) is 0. The van der Waals surface area contributed by atoms with Crippen molar-refractivity contribution < 1.29 is 9.47 Å². The molecule has 0 atom stereocenters. The number of para-hydroxylation sites is 2. The quantitative estimate of drug-likeness (QED) is 0.874. The van der Waals surface area contributed by atoms with Gasteiger partial charge in [-0.05, 0) is 17.7 Å². The summed E-state index contributed by atoms with van der Waals surface area (Å²) in [5, 5.41) is 3.25. The van der Waals surface area contributed by atoms with Crippen LogP contribution in [0.3, 0.4) is 0 Å². The van der Waals surface area contributed by atoms with Crippen LogP contribution in [0.1, 0.15) is 5.56 Å². The van der Waals surface area contributed by atoms with Gasteiger partial charge < -0.3 is 14.8 Å². The first-order valence-corrected chi connectivity index (χ1v) is 7.01. The molecule has 1 aliphatic rings. The normalized spacial score (nSPS) is 14.6. The summed E-state index contributed by atoms with van der Waals surface area (Å²) in [6.07, 6.45) is 0. The predicted molar refractivity (Wildman–Crippen MR) is 79.1 cm³/mol. The smallest absolute Gasteiger partial charge is 0.161 e. The highest BCUT2D eigenvalue weighted by Gasteiger charge is 2.17. The third-order valence-corrected chi connectivity index (χ3v) is 3.43. The molecule has 0 aliphatic carbocycles. The van der Waals surface area contributed by atoms with Gasteiger partial charge in [0.1, 0.15) is 6.61 Å². The maximum Gasteiger partial charge on any atom is 0.161 e.